The van der Waals surface area contributed by atoms with E-state index in [0.29, 0.717) is 18.6 Å². The standard InChI is InChI=1S/C16H17NO4/c1-2-21-16(20)9-6-7-13-12(8-9)10-4-3-5-11(15(18)19)14(10)17-13/h6-8,11,17H,2-5H2,1H3,(H,18,19). The van der Waals surface area contributed by atoms with E-state index in [1.54, 1.807) is 19.1 Å². The molecule has 1 aromatic heterocycles. The molecule has 1 atom stereocenters. The number of fused-ring (bicyclic) bond motifs is 3. The summed E-state index contributed by atoms with van der Waals surface area (Å²) < 4.78 is 5.01. The van der Waals surface area contributed by atoms with Crippen LogP contribution in [0.1, 0.15) is 47.3 Å². The van der Waals surface area contributed by atoms with E-state index >= 15 is 0 Å². The number of rotatable bonds is 3. The van der Waals surface area contributed by atoms with Crippen LogP contribution in [0.15, 0.2) is 18.2 Å². The predicted octanol–water partition coefficient (Wildman–Crippen LogP) is 2.85. The number of aromatic nitrogens is 1. The molecule has 1 aliphatic rings. The lowest BCUT2D eigenvalue weighted by Gasteiger charge is -2.18. The van der Waals surface area contributed by atoms with E-state index in [4.69, 9.17) is 4.74 Å². The normalized spacial score (nSPS) is 17.5. The molecular weight excluding hydrogens is 270 g/mol. The number of ether oxygens (including phenoxy) is 1. The minimum atomic E-state index is -0.798. The number of aromatic amines is 1. The van der Waals surface area contributed by atoms with Gasteiger partial charge in [-0.25, -0.2) is 4.79 Å². The van der Waals surface area contributed by atoms with Gasteiger partial charge in [-0.3, -0.25) is 4.79 Å². The molecule has 0 amide bonds. The lowest BCUT2D eigenvalue weighted by atomic mass is 9.87. The van der Waals surface area contributed by atoms with E-state index < -0.39 is 11.9 Å². The molecule has 0 spiro atoms. The van der Waals surface area contributed by atoms with Crippen molar-refractivity contribution in [2.75, 3.05) is 6.61 Å². The Kier molecular flexibility index (Phi) is 3.41. The summed E-state index contributed by atoms with van der Waals surface area (Å²) in [4.78, 5) is 26.4. The third kappa shape index (κ3) is 2.28. The number of carbonyl (C=O) groups excluding carboxylic acids is 1. The fourth-order valence-corrected chi connectivity index (χ4v) is 3.05. The first kappa shape index (κ1) is 13.7. The fourth-order valence-electron chi connectivity index (χ4n) is 3.05. The molecular formula is C16H17NO4. The van der Waals surface area contributed by atoms with E-state index in [1.165, 1.54) is 0 Å². The highest BCUT2D eigenvalue weighted by molar-refractivity contribution is 5.97. The first-order chi connectivity index (χ1) is 10.1. The molecule has 0 fully saturated rings. The molecule has 1 aromatic carbocycles. The number of nitrogens with one attached hydrogen (secondary N) is 1. The number of carboxylic acid groups (broad SMARTS) is 1. The van der Waals surface area contributed by atoms with Crippen molar-refractivity contribution in [2.45, 2.75) is 32.1 Å². The van der Waals surface area contributed by atoms with Crippen molar-refractivity contribution in [1.29, 1.82) is 0 Å². The zero-order valence-electron chi connectivity index (χ0n) is 11.8. The van der Waals surface area contributed by atoms with Crippen LogP contribution in [0, 0.1) is 0 Å². The highest BCUT2D eigenvalue weighted by Crippen LogP contribution is 2.36. The van der Waals surface area contributed by atoms with E-state index in [-0.39, 0.29) is 5.97 Å². The molecule has 2 N–H and O–H groups in total. The topological polar surface area (TPSA) is 79.4 Å². The van der Waals surface area contributed by atoms with Crippen molar-refractivity contribution in [1.82, 2.24) is 4.98 Å². The summed E-state index contributed by atoms with van der Waals surface area (Å²) in [6, 6.07) is 5.32. The Morgan fingerprint density at radius 2 is 2.24 bits per heavy atom. The Balaban J connectivity index is 2.10. The fraction of sp³-hybridized carbons (Fsp3) is 0.375. The van der Waals surface area contributed by atoms with Gasteiger partial charge in [0, 0.05) is 16.6 Å². The molecule has 3 rings (SSSR count). The Morgan fingerprint density at radius 3 is 2.95 bits per heavy atom. The van der Waals surface area contributed by atoms with Gasteiger partial charge in [0.1, 0.15) is 0 Å². The molecule has 2 aromatic rings. The van der Waals surface area contributed by atoms with Crippen molar-refractivity contribution >= 4 is 22.8 Å². The maximum absolute atomic E-state index is 11.8. The van der Waals surface area contributed by atoms with Crippen LogP contribution >= 0.6 is 0 Å². The van der Waals surface area contributed by atoms with Crippen LogP contribution < -0.4 is 0 Å². The smallest absolute Gasteiger partial charge is 0.338 e. The Morgan fingerprint density at radius 1 is 1.43 bits per heavy atom. The van der Waals surface area contributed by atoms with Crippen molar-refractivity contribution in [3.8, 4) is 0 Å². The summed E-state index contributed by atoms with van der Waals surface area (Å²) in [7, 11) is 0. The third-order valence-electron chi connectivity index (χ3n) is 4.02. The maximum atomic E-state index is 11.8. The summed E-state index contributed by atoms with van der Waals surface area (Å²) >= 11 is 0. The molecule has 5 nitrogen and oxygen atoms in total. The van der Waals surface area contributed by atoms with Crippen LogP contribution in [0.5, 0.6) is 0 Å². The number of aliphatic carboxylic acids is 1. The number of hydrogen-bond acceptors (Lipinski definition) is 3. The van der Waals surface area contributed by atoms with Gasteiger partial charge in [-0.05, 0) is 49.9 Å². The number of carbonyl (C=O) groups is 2. The first-order valence-electron chi connectivity index (χ1n) is 7.16. The van der Waals surface area contributed by atoms with Crippen LogP contribution in [-0.4, -0.2) is 28.6 Å². The van der Waals surface area contributed by atoms with Gasteiger partial charge in [0.15, 0.2) is 0 Å². The molecule has 1 unspecified atom stereocenters. The van der Waals surface area contributed by atoms with Crippen molar-refractivity contribution in [3.05, 3.63) is 35.0 Å². The minimum absolute atomic E-state index is 0.337. The molecule has 0 radical (unpaired) electrons. The average molecular weight is 287 g/mol. The molecule has 0 bridgehead atoms. The SMILES string of the molecule is CCOC(=O)c1ccc2[nH]c3c(c2c1)CCCC3C(=O)O. The van der Waals surface area contributed by atoms with Crippen molar-refractivity contribution < 1.29 is 19.4 Å². The van der Waals surface area contributed by atoms with E-state index in [0.717, 1.165) is 35.0 Å². The summed E-state index contributed by atoms with van der Waals surface area (Å²) in [6.45, 7) is 2.11. The van der Waals surface area contributed by atoms with Gasteiger partial charge >= 0.3 is 11.9 Å². The number of benzene rings is 1. The zero-order valence-corrected chi connectivity index (χ0v) is 11.8. The van der Waals surface area contributed by atoms with Crippen LogP contribution in [0.2, 0.25) is 0 Å². The van der Waals surface area contributed by atoms with Gasteiger partial charge in [-0.2, -0.15) is 0 Å². The second kappa shape index (κ2) is 5.24. The molecule has 0 saturated heterocycles. The number of aryl methyl sites for hydroxylation is 1. The third-order valence-corrected chi connectivity index (χ3v) is 4.02. The number of hydrogen-bond donors (Lipinski definition) is 2. The second-order valence-corrected chi connectivity index (χ2v) is 5.28. The molecule has 0 aliphatic heterocycles. The Labute approximate surface area is 121 Å². The van der Waals surface area contributed by atoms with Gasteiger partial charge in [0.2, 0.25) is 0 Å². The monoisotopic (exact) mass is 287 g/mol. The zero-order chi connectivity index (χ0) is 15.0. The summed E-state index contributed by atoms with van der Waals surface area (Å²) in [6.07, 6.45) is 2.34. The molecule has 1 heterocycles. The Bertz CT molecular complexity index is 716. The van der Waals surface area contributed by atoms with Crippen molar-refractivity contribution in [3.63, 3.8) is 0 Å². The van der Waals surface area contributed by atoms with Gasteiger partial charge < -0.3 is 14.8 Å². The van der Waals surface area contributed by atoms with E-state index in [9.17, 15) is 14.7 Å². The number of carboxylic acids is 1. The maximum Gasteiger partial charge on any atom is 0.338 e. The lowest BCUT2D eigenvalue weighted by Crippen LogP contribution is -2.17. The van der Waals surface area contributed by atoms with E-state index in [1.807, 2.05) is 6.07 Å². The van der Waals surface area contributed by atoms with Gasteiger partial charge in [-0.15, -0.1) is 0 Å². The summed E-state index contributed by atoms with van der Waals surface area (Å²) in [5, 5.41) is 10.3. The highest BCUT2D eigenvalue weighted by Gasteiger charge is 2.29. The van der Waals surface area contributed by atoms with Crippen LogP contribution in [-0.2, 0) is 16.0 Å². The number of esters is 1. The molecule has 0 saturated carbocycles. The van der Waals surface area contributed by atoms with Gasteiger partial charge in [0.25, 0.3) is 0 Å². The largest absolute Gasteiger partial charge is 0.481 e. The quantitative estimate of drug-likeness (QED) is 0.851. The minimum Gasteiger partial charge on any atom is -0.481 e. The molecule has 1 aliphatic carbocycles. The Hall–Kier alpha value is -2.30. The molecule has 21 heavy (non-hydrogen) atoms. The summed E-state index contributed by atoms with van der Waals surface area (Å²) in [5.41, 5.74) is 3.18. The van der Waals surface area contributed by atoms with Crippen LogP contribution in [0.3, 0.4) is 0 Å². The first-order valence-corrected chi connectivity index (χ1v) is 7.16. The molecule has 5 heteroatoms. The lowest BCUT2D eigenvalue weighted by molar-refractivity contribution is -0.139. The van der Waals surface area contributed by atoms with Crippen LogP contribution in [0.25, 0.3) is 10.9 Å². The van der Waals surface area contributed by atoms with E-state index in [2.05, 4.69) is 4.98 Å². The average Bonchev–Trinajstić information content (AvgIpc) is 2.84. The van der Waals surface area contributed by atoms with Crippen molar-refractivity contribution in [2.24, 2.45) is 0 Å². The van der Waals surface area contributed by atoms with Gasteiger partial charge in [0.05, 0.1) is 18.1 Å². The van der Waals surface area contributed by atoms with Gasteiger partial charge in [-0.1, -0.05) is 0 Å². The predicted molar refractivity (Wildman–Crippen MR) is 77.6 cm³/mol. The molecule has 110 valence electrons. The van der Waals surface area contributed by atoms with Crippen LogP contribution in [0.4, 0.5) is 0 Å². The summed E-state index contributed by atoms with van der Waals surface area (Å²) in [5.74, 6) is -1.62. The second-order valence-electron chi connectivity index (χ2n) is 5.28. The highest BCUT2D eigenvalue weighted by atomic mass is 16.5. The number of H-pyrrole nitrogens is 1.